The third kappa shape index (κ3) is 2.53. The summed E-state index contributed by atoms with van der Waals surface area (Å²) >= 11 is 0. The van der Waals surface area contributed by atoms with Gasteiger partial charge in [0.25, 0.3) is 0 Å². The van der Waals surface area contributed by atoms with Crippen molar-refractivity contribution in [2.75, 3.05) is 13.2 Å². The monoisotopic (exact) mass is 140 g/mol. The highest BCUT2D eigenvalue weighted by Crippen LogP contribution is 2.13. The molecule has 0 radical (unpaired) electrons. The third-order valence-corrected chi connectivity index (χ3v) is 1.88. The lowest BCUT2D eigenvalue weighted by molar-refractivity contribution is 0.122. The van der Waals surface area contributed by atoms with E-state index in [-0.39, 0.29) is 0 Å². The maximum atomic E-state index is 5.29. The first-order chi connectivity index (χ1) is 4.93. The van der Waals surface area contributed by atoms with Crippen molar-refractivity contribution >= 4 is 0 Å². The van der Waals surface area contributed by atoms with E-state index in [4.69, 9.17) is 4.74 Å². The lowest BCUT2D eigenvalue weighted by atomic mass is 10.0. The summed E-state index contributed by atoms with van der Waals surface area (Å²) in [5.74, 6) is 0.702. The molecule has 1 aliphatic heterocycles. The molecule has 0 amide bonds. The molecule has 1 aliphatic rings. The minimum Gasteiger partial charge on any atom is -0.377 e. The van der Waals surface area contributed by atoms with Gasteiger partial charge in [0.2, 0.25) is 0 Å². The molecule has 0 fully saturated rings. The molecule has 1 nitrogen and oxygen atoms in total. The smallest absolute Gasteiger partial charge is 0.0647 e. The summed E-state index contributed by atoms with van der Waals surface area (Å²) in [4.78, 5) is 0. The minimum atomic E-state index is 0.702. The zero-order valence-electron chi connectivity index (χ0n) is 6.68. The Kier molecular flexibility index (Phi) is 3.52. The lowest BCUT2D eigenvalue weighted by Crippen LogP contribution is -2.11. The van der Waals surface area contributed by atoms with Gasteiger partial charge < -0.3 is 4.74 Å². The van der Waals surface area contributed by atoms with Gasteiger partial charge in [0.1, 0.15) is 0 Å². The summed E-state index contributed by atoms with van der Waals surface area (Å²) in [6.07, 6.45) is 8.35. The molecular weight excluding hydrogens is 124 g/mol. The van der Waals surface area contributed by atoms with Crippen LogP contribution in [-0.2, 0) is 4.74 Å². The Morgan fingerprint density at radius 1 is 1.60 bits per heavy atom. The van der Waals surface area contributed by atoms with Crippen molar-refractivity contribution in [2.45, 2.75) is 26.2 Å². The predicted octanol–water partition coefficient (Wildman–Crippen LogP) is 2.38. The van der Waals surface area contributed by atoms with Gasteiger partial charge in [0, 0.05) is 5.92 Å². The van der Waals surface area contributed by atoms with Crippen molar-refractivity contribution in [3.8, 4) is 0 Å². The van der Waals surface area contributed by atoms with Crippen LogP contribution in [0, 0.1) is 5.92 Å². The molecule has 58 valence electrons. The average molecular weight is 140 g/mol. The summed E-state index contributed by atoms with van der Waals surface area (Å²) < 4.78 is 5.29. The first-order valence-electron chi connectivity index (χ1n) is 4.18. The number of ether oxygens (including phenoxy) is 1. The van der Waals surface area contributed by atoms with Gasteiger partial charge in [-0.15, -0.1) is 0 Å². The number of rotatable bonds is 3. The highest BCUT2D eigenvalue weighted by Gasteiger charge is 2.06. The lowest BCUT2D eigenvalue weighted by Gasteiger charge is -2.15. The van der Waals surface area contributed by atoms with Crippen LogP contribution in [0.2, 0.25) is 0 Å². The topological polar surface area (TPSA) is 9.23 Å². The van der Waals surface area contributed by atoms with E-state index in [1.165, 1.54) is 19.3 Å². The van der Waals surface area contributed by atoms with Crippen LogP contribution in [0.5, 0.6) is 0 Å². The van der Waals surface area contributed by atoms with Crippen molar-refractivity contribution in [2.24, 2.45) is 5.92 Å². The van der Waals surface area contributed by atoms with E-state index in [0.29, 0.717) is 5.92 Å². The highest BCUT2D eigenvalue weighted by molar-refractivity contribution is 4.91. The van der Waals surface area contributed by atoms with Crippen molar-refractivity contribution in [1.82, 2.24) is 0 Å². The zero-order valence-corrected chi connectivity index (χ0v) is 6.68. The molecule has 0 bridgehead atoms. The molecule has 1 rings (SSSR count). The van der Waals surface area contributed by atoms with Gasteiger partial charge in [-0.25, -0.2) is 0 Å². The molecule has 10 heavy (non-hydrogen) atoms. The quantitative estimate of drug-likeness (QED) is 0.547. The molecule has 0 saturated carbocycles. The second kappa shape index (κ2) is 4.51. The average Bonchev–Trinajstić information content (AvgIpc) is 2.03. The first kappa shape index (κ1) is 7.80. The molecule has 0 aromatic carbocycles. The largest absolute Gasteiger partial charge is 0.377 e. The molecule has 1 heteroatoms. The van der Waals surface area contributed by atoms with Crippen molar-refractivity contribution < 1.29 is 4.74 Å². The first-order valence-corrected chi connectivity index (χ1v) is 4.18. The minimum absolute atomic E-state index is 0.702. The van der Waals surface area contributed by atoms with Gasteiger partial charge in [-0.3, -0.25) is 0 Å². The molecule has 0 N–H and O–H groups in total. The van der Waals surface area contributed by atoms with Gasteiger partial charge in [0.15, 0.2) is 0 Å². The second-order valence-corrected chi connectivity index (χ2v) is 2.87. The molecule has 1 unspecified atom stereocenters. The molecule has 1 heterocycles. The van der Waals surface area contributed by atoms with E-state index >= 15 is 0 Å². The van der Waals surface area contributed by atoms with E-state index in [9.17, 15) is 0 Å². The fourth-order valence-corrected chi connectivity index (χ4v) is 1.24. The Morgan fingerprint density at radius 3 is 3.10 bits per heavy atom. The normalized spacial score (nSPS) is 25.1. The Hall–Kier alpha value is -0.300. The molecule has 0 aliphatic carbocycles. The summed E-state index contributed by atoms with van der Waals surface area (Å²) in [5, 5.41) is 0. The van der Waals surface area contributed by atoms with Crippen LogP contribution >= 0.6 is 0 Å². The van der Waals surface area contributed by atoms with Gasteiger partial charge in [0.05, 0.1) is 13.2 Å². The van der Waals surface area contributed by atoms with Crippen LogP contribution in [-0.4, -0.2) is 13.2 Å². The Labute approximate surface area is 63.1 Å². The fourth-order valence-electron chi connectivity index (χ4n) is 1.24. The summed E-state index contributed by atoms with van der Waals surface area (Å²) in [7, 11) is 0. The maximum absolute atomic E-state index is 5.29. The van der Waals surface area contributed by atoms with Crippen LogP contribution in [0.4, 0.5) is 0 Å². The number of hydrogen-bond acceptors (Lipinski definition) is 1. The van der Waals surface area contributed by atoms with E-state index < -0.39 is 0 Å². The van der Waals surface area contributed by atoms with Crippen LogP contribution < -0.4 is 0 Å². The fraction of sp³-hybridized carbons (Fsp3) is 0.778. The Bertz CT molecular complexity index is 107. The SMILES string of the molecule is CCCCC1C=CCOC1. The Balaban J connectivity index is 2.13. The standard InChI is InChI=1S/C9H16O/c1-2-3-5-9-6-4-7-10-8-9/h4,6,9H,2-3,5,7-8H2,1H3. The predicted molar refractivity (Wildman–Crippen MR) is 43.0 cm³/mol. The van der Waals surface area contributed by atoms with Gasteiger partial charge >= 0.3 is 0 Å². The summed E-state index contributed by atoms with van der Waals surface area (Å²) in [5.41, 5.74) is 0. The number of hydrogen-bond donors (Lipinski definition) is 0. The van der Waals surface area contributed by atoms with Gasteiger partial charge in [-0.1, -0.05) is 31.9 Å². The maximum Gasteiger partial charge on any atom is 0.0647 e. The van der Waals surface area contributed by atoms with E-state index in [0.717, 1.165) is 13.2 Å². The van der Waals surface area contributed by atoms with Crippen LogP contribution in [0.25, 0.3) is 0 Å². The summed E-state index contributed by atoms with van der Waals surface area (Å²) in [6, 6.07) is 0. The van der Waals surface area contributed by atoms with Crippen molar-refractivity contribution in [3.05, 3.63) is 12.2 Å². The molecule has 0 spiro atoms. The molecule has 0 aromatic rings. The molecular formula is C9H16O. The zero-order chi connectivity index (χ0) is 7.23. The summed E-state index contributed by atoms with van der Waals surface area (Å²) in [6.45, 7) is 3.99. The van der Waals surface area contributed by atoms with Crippen LogP contribution in [0.3, 0.4) is 0 Å². The van der Waals surface area contributed by atoms with Crippen LogP contribution in [0.15, 0.2) is 12.2 Å². The van der Waals surface area contributed by atoms with E-state index in [1.54, 1.807) is 0 Å². The van der Waals surface area contributed by atoms with Gasteiger partial charge in [-0.05, 0) is 6.42 Å². The van der Waals surface area contributed by atoms with E-state index in [1.807, 2.05) is 0 Å². The molecule has 0 saturated heterocycles. The second-order valence-electron chi connectivity index (χ2n) is 2.87. The van der Waals surface area contributed by atoms with E-state index in [2.05, 4.69) is 19.1 Å². The van der Waals surface area contributed by atoms with Crippen molar-refractivity contribution in [3.63, 3.8) is 0 Å². The van der Waals surface area contributed by atoms with Crippen molar-refractivity contribution in [1.29, 1.82) is 0 Å². The van der Waals surface area contributed by atoms with Crippen LogP contribution in [0.1, 0.15) is 26.2 Å². The number of unbranched alkanes of at least 4 members (excludes halogenated alkanes) is 1. The Morgan fingerprint density at radius 2 is 2.50 bits per heavy atom. The highest BCUT2D eigenvalue weighted by atomic mass is 16.5. The molecule has 0 aromatic heterocycles. The third-order valence-electron chi connectivity index (χ3n) is 1.88. The van der Waals surface area contributed by atoms with Gasteiger partial charge in [-0.2, -0.15) is 0 Å². The molecule has 1 atom stereocenters.